The monoisotopic (exact) mass is 233 g/mol. The first-order chi connectivity index (χ1) is 8.16. The zero-order valence-corrected chi connectivity index (χ0v) is 10.7. The van der Waals surface area contributed by atoms with E-state index in [1.54, 1.807) is 0 Å². The fourth-order valence-electron chi connectivity index (χ4n) is 2.74. The van der Waals surface area contributed by atoms with E-state index in [1.807, 2.05) is 12.1 Å². The Balaban J connectivity index is 2.06. The number of nitrogens with two attached hydrogens (primary N) is 1. The predicted molar refractivity (Wildman–Crippen MR) is 71.1 cm³/mol. The van der Waals surface area contributed by atoms with Crippen LogP contribution >= 0.6 is 0 Å². The normalized spacial score (nSPS) is 19.6. The average Bonchev–Trinajstić information content (AvgIpc) is 2.29. The van der Waals surface area contributed by atoms with E-state index in [0.29, 0.717) is 17.1 Å². The summed E-state index contributed by atoms with van der Waals surface area (Å²) < 4.78 is 0. The Morgan fingerprint density at radius 2 is 1.94 bits per heavy atom. The fraction of sp³-hybridized carbons (Fsp3) is 0.600. The molecule has 1 saturated carbocycles. The molecule has 3 N–H and O–H groups in total. The summed E-state index contributed by atoms with van der Waals surface area (Å²) in [6, 6.07) is 7.78. The van der Waals surface area contributed by atoms with Crippen molar-refractivity contribution >= 4 is 0 Å². The second-order valence-electron chi connectivity index (χ2n) is 5.56. The topological polar surface area (TPSA) is 46.2 Å². The highest BCUT2D eigenvalue weighted by Gasteiger charge is 2.38. The number of rotatable bonds is 5. The summed E-state index contributed by atoms with van der Waals surface area (Å²) >= 11 is 0. The Kier molecular flexibility index (Phi) is 3.72. The van der Waals surface area contributed by atoms with Crippen LogP contribution in [0.5, 0.6) is 5.75 Å². The van der Waals surface area contributed by atoms with Crippen LogP contribution in [0.4, 0.5) is 0 Å². The minimum absolute atomic E-state index is 0.360. The molecule has 94 valence electrons. The summed E-state index contributed by atoms with van der Waals surface area (Å²) in [7, 11) is 0. The largest absolute Gasteiger partial charge is 0.508 e. The van der Waals surface area contributed by atoms with Crippen LogP contribution in [0.25, 0.3) is 0 Å². The van der Waals surface area contributed by atoms with Gasteiger partial charge in [-0.3, -0.25) is 0 Å². The van der Waals surface area contributed by atoms with E-state index in [0.717, 1.165) is 6.54 Å². The molecule has 0 aliphatic heterocycles. The molecule has 0 aromatic heterocycles. The first kappa shape index (κ1) is 12.4. The minimum atomic E-state index is 0.360. The molecule has 1 aromatic rings. The van der Waals surface area contributed by atoms with Crippen molar-refractivity contribution in [3.8, 4) is 5.75 Å². The molecule has 1 unspecified atom stereocenters. The first-order valence-electron chi connectivity index (χ1n) is 6.66. The molecule has 2 heteroatoms. The molecule has 0 bridgehead atoms. The van der Waals surface area contributed by atoms with Gasteiger partial charge in [-0.15, -0.1) is 0 Å². The summed E-state index contributed by atoms with van der Waals surface area (Å²) in [4.78, 5) is 0. The Bertz CT molecular complexity index is 354. The van der Waals surface area contributed by atoms with Crippen LogP contribution in [0, 0.1) is 5.92 Å². The van der Waals surface area contributed by atoms with Gasteiger partial charge in [-0.05, 0) is 61.3 Å². The van der Waals surface area contributed by atoms with E-state index in [9.17, 15) is 5.11 Å². The summed E-state index contributed by atoms with van der Waals surface area (Å²) in [5.74, 6) is 0.975. The van der Waals surface area contributed by atoms with Gasteiger partial charge in [-0.25, -0.2) is 0 Å². The molecular formula is C15H23NO. The minimum Gasteiger partial charge on any atom is -0.508 e. The molecule has 1 atom stereocenters. The molecule has 1 aromatic carbocycles. The fourth-order valence-corrected chi connectivity index (χ4v) is 2.74. The van der Waals surface area contributed by atoms with Gasteiger partial charge in [0, 0.05) is 0 Å². The quantitative estimate of drug-likeness (QED) is 0.820. The van der Waals surface area contributed by atoms with Crippen molar-refractivity contribution in [2.24, 2.45) is 11.7 Å². The lowest BCUT2D eigenvalue weighted by Gasteiger charge is -2.43. The third kappa shape index (κ3) is 2.63. The highest BCUT2D eigenvalue weighted by atomic mass is 16.3. The highest BCUT2D eigenvalue weighted by molar-refractivity contribution is 5.33. The van der Waals surface area contributed by atoms with Gasteiger partial charge in [0.15, 0.2) is 0 Å². The van der Waals surface area contributed by atoms with E-state index >= 15 is 0 Å². The lowest BCUT2D eigenvalue weighted by Crippen LogP contribution is -2.34. The van der Waals surface area contributed by atoms with Gasteiger partial charge in [0.25, 0.3) is 0 Å². The summed E-state index contributed by atoms with van der Waals surface area (Å²) in [5, 5.41) is 9.35. The Morgan fingerprint density at radius 1 is 1.29 bits per heavy atom. The van der Waals surface area contributed by atoms with E-state index in [4.69, 9.17) is 5.73 Å². The summed E-state index contributed by atoms with van der Waals surface area (Å²) in [6.07, 6.45) is 6.34. The molecule has 1 aliphatic rings. The smallest absolute Gasteiger partial charge is 0.115 e. The molecule has 1 aliphatic carbocycles. The van der Waals surface area contributed by atoms with Crippen LogP contribution in [0.1, 0.15) is 44.6 Å². The van der Waals surface area contributed by atoms with Crippen molar-refractivity contribution in [1.82, 2.24) is 0 Å². The van der Waals surface area contributed by atoms with Crippen LogP contribution in [0.3, 0.4) is 0 Å². The van der Waals surface area contributed by atoms with Gasteiger partial charge in [0.1, 0.15) is 5.75 Å². The second-order valence-corrected chi connectivity index (χ2v) is 5.56. The maximum atomic E-state index is 9.35. The third-order valence-corrected chi connectivity index (χ3v) is 4.31. The standard InChI is InChI=1S/C15H23NO/c1-12(11-16)7-10-15(8-2-9-15)13-3-5-14(17)6-4-13/h3-6,12,17H,2,7-11,16H2,1H3. The van der Waals surface area contributed by atoms with Gasteiger partial charge in [-0.1, -0.05) is 25.5 Å². The number of benzene rings is 1. The Labute approximate surface area is 104 Å². The third-order valence-electron chi connectivity index (χ3n) is 4.31. The van der Waals surface area contributed by atoms with E-state index in [-0.39, 0.29) is 0 Å². The maximum Gasteiger partial charge on any atom is 0.115 e. The zero-order valence-electron chi connectivity index (χ0n) is 10.7. The first-order valence-corrected chi connectivity index (χ1v) is 6.66. The van der Waals surface area contributed by atoms with Crippen molar-refractivity contribution in [3.05, 3.63) is 29.8 Å². The van der Waals surface area contributed by atoms with Crippen LogP contribution in [-0.4, -0.2) is 11.7 Å². The second kappa shape index (κ2) is 5.09. The van der Waals surface area contributed by atoms with Gasteiger partial charge in [-0.2, -0.15) is 0 Å². The molecule has 0 amide bonds. The lowest BCUT2D eigenvalue weighted by molar-refractivity contribution is 0.210. The zero-order chi connectivity index (χ0) is 12.3. The van der Waals surface area contributed by atoms with E-state index in [1.165, 1.54) is 37.7 Å². The van der Waals surface area contributed by atoms with Gasteiger partial charge < -0.3 is 10.8 Å². The van der Waals surface area contributed by atoms with Gasteiger partial charge in [0.05, 0.1) is 0 Å². The molecule has 0 radical (unpaired) electrons. The van der Waals surface area contributed by atoms with E-state index < -0.39 is 0 Å². The predicted octanol–water partition coefficient (Wildman–Crippen LogP) is 3.19. The van der Waals surface area contributed by atoms with Crippen LogP contribution in [-0.2, 0) is 5.41 Å². The Hall–Kier alpha value is -1.02. The average molecular weight is 233 g/mol. The molecule has 0 spiro atoms. The van der Waals surface area contributed by atoms with Crippen molar-refractivity contribution in [1.29, 1.82) is 0 Å². The molecule has 17 heavy (non-hydrogen) atoms. The number of phenols is 1. The summed E-state index contributed by atoms with van der Waals surface area (Å²) in [5.41, 5.74) is 7.45. The van der Waals surface area contributed by atoms with Gasteiger partial charge in [0.2, 0.25) is 0 Å². The Morgan fingerprint density at radius 3 is 2.41 bits per heavy atom. The van der Waals surface area contributed by atoms with Crippen molar-refractivity contribution in [3.63, 3.8) is 0 Å². The summed E-state index contributed by atoms with van der Waals surface area (Å²) in [6.45, 7) is 3.01. The number of hydrogen-bond donors (Lipinski definition) is 2. The number of aromatic hydroxyl groups is 1. The molecule has 2 rings (SSSR count). The molecule has 0 saturated heterocycles. The van der Waals surface area contributed by atoms with Crippen LogP contribution < -0.4 is 5.73 Å². The van der Waals surface area contributed by atoms with Crippen LogP contribution in [0.15, 0.2) is 24.3 Å². The van der Waals surface area contributed by atoms with Gasteiger partial charge >= 0.3 is 0 Å². The highest BCUT2D eigenvalue weighted by Crippen LogP contribution is 2.47. The lowest BCUT2D eigenvalue weighted by atomic mass is 9.61. The number of phenolic OH excluding ortho intramolecular Hbond substituents is 1. The van der Waals surface area contributed by atoms with Crippen LogP contribution in [0.2, 0.25) is 0 Å². The molecule has 2 nitrogen and oxygen atoms in total. The number of hydrogen-bond acceptors (Lipinski definition) is 2. The van der Waals surface area contributed by atoms with Crippen molar-refractivity contribution < 1.29 is 5.11 Å². The molecule has 0 heterocycles. The SMILES string of the molecule is CC(CN)CCC1(c2ccc(O)cc2)CCC1. The maximum absolute atomic E-state index is 9.35. The van der Waals surface area contributed by atoms with Crippen molar-refractivity contribution in [2.75, 3.05) is 6.54 Å². The molecule has 1 fully saturated rings. The molecular weight excluding hydrogens is 210 g/mol. The van der Waals surface area contributed by atoms with E-state index in [2.05, 4.69) is 19.1 Å². The van der Waals surface area contributed by atoms with Crippen molar-refractivity contribution in [2.45, 2.75) is 44.4 Å².